The van der Waals surface area contributed by atoms with Crippen LogP contribution in [0.2, 0.25) is 5.28 Å². The summed E-state index contributed by atoms with van der Waals surface area (Å²) in [7, 11) is 0. The molecule has 1 fully saturated rings. The number of nitrogens with one attached hydrogen (secondary N) is 1. The number of halogens is 3. The number of hydrogen-bond acceptors (Lipinski definition) is 7. The number of fused-ring (bicyclic) bond motifs is 1. The third-order valence-electron chi connectivity index (χ3n) is 4.24. The van der Waals surface area contributed by atoms with Crippen LogP contribution in [-0.4, -0.2) is 50.9 Å². The quantitative estimate of drug-likeness (QED) is 0.602. The third-order valence-corrected chi connectivity index (χ3v) is 5.37. The summed E-state index contributed by atoms with van der Waals surface area (Å²) < 4.78 is 1.86. The van der Waals surface area contributed by atoms with Crippen LogP contribution in [0, 0.1) is 0 Å². The number of aromatic nitrogens is 5. The molecule has 0 saturated carbocycles. The molecule has 1 aliphatic rings. The summed E-state index contributed by atoms with van der Waals surface area (Å²) in [6.07, 6.45) is 3.96. The minimum Gasteiger partial charge on any atom is -0.353 e. The van der Waals surface area contributed by atoms with Gasteiger partial charge < -0.3 is 10.2 Å². The second-order valence-electron chi connectivity index (χ2n) is 6.08. The van der Waals surface area contributed by atoms with Gasteiger partial charge in [-0.2, -0.15) is 15.1 Å². The van der Waals surface area contributed by atoms with Gasteiger partial charge in [0.2, 0.25) is 5.28 Å². The number of rotatable bonds is 5. The Balaban J connectivity index is 0.00000131. The maximum absolute atomic E-state index is 6.20. The smallest absolute Gasteiger partial charge is 0.226 e. The molecule has 4 rings (SSSR count). The van der Waals surface area contributed by atoms with Gasteiger partial charge in [0.05, 0.1) is 28.8 Å². The number of hydrogen-bond donors (Lipinski definition) is 1. The van der Waals surface area contributed by atoms with Crippen molar-refractivity contribution in [1.82, 2.24) is 30.0 Å². The summed E-state index contributed by atoms with van der Waals surface area (Å²) in [6, 6.07) is 0. The van der Waals surface area contributed by atoms with Crippen molar-refractivity contribution in [3.8, 4) is 0 Å². The van der Waals surface area contributed by atoms with Crippen LogP contribution in [0.1, 0.15) is 24.0 Å². The molecule has 0 amide bonds. The summed E-state index contributed by atoms with van der Waals surface area (Å²) in [4.78, 5) is 15.8. The van der Waals surface area contributed by atoms with Crippen molar-refractivity contribution >= 4 is 64.6 Å². The lowest BCUT2D eigenvalue weighted by atomic mass is 10.3. The Labute approximate surface area is 179 Å². The summed E-state index contributed by atoms with van der Waals surface area (Å²) in [5, 5.41) is 12.3. The molecule has 3 aromatic rings. The van der Waals surface area contributed by atoms with Crippen LogP contribution in [0.4, 0.5) is 5.82 Å². The van der Waals surface area contributed by atoms with Crippen molar-refractivity contribution in [3.63, 3.8) is 0 Å². The van der Waals surface area contributed by atoms with E-state index < -0.39 is 0 Å². The lowest BCUT2D eigenvalue weighted by Gasteiger charge is -2.28. The molecule has 0 aromatic carbocycles. The number of anilines is 1. The van der Waals surface area contributed by atoms with E-state index >= 15 is 0 Å². The summed E-state index contributed by atoms with van der Waals surface area (Å²) in [6.45, 7) is 6.45. The molecular formula is C16H22Cl3N7S. The van der Waals surface area contributed by atoms with Crippen molar-refractivity contribution < 1.29 is 0 Å². The van der Waals surface area contributed by atoms with E-state index in [2.05, 4.69) is 42.6 Å². The Morgan fingerprint density at radius 3 is 2.70 bits per heavy atom. The highest BCUT2D eigenvalue weighted by atomic mass is 35.5. The monoisotopic (exact) mass is 449 g/mol. The van der Waals surface area contributed by atoms with Gasteiger partial charge in [0.1, 0.15) is 5.82 Å². The van der Waals surface area contributed by atoms with E-state index in [0.29, 0.717) is 6.54 Å². The molecule has 0 unspecified atom stereocenters. The highest BCUT2D eigenvalue weighted by Crippen LogP contribution is 2.26. The van der Waals surface area contributed by atoms with Crippen LogP contribution in [-0.2, 0) is 13.0 Å². The second-order valence-corrected chi connectivity index (χ2v) is 7.36. The molecule has 7 nitrogen and oxygen atoms in total. The molecule has 3 aromatic heterocycles. The Kier molecular flexibility index (Phi) is 8.05. The molecule has 4 heterocycles. The fourth-order valence-corrected chi connectivity index (χ4v) is 4.10. The first kappa shape index (κ1) is 22.1. The Hall–Kier alpha value is -1.19. The Morgan fingerprint density at radius 1 is 1.19 bits per heavy atom. The molecular weight excluding hydrogens is 429 g/mol. The largest absolute Gasteiger partial charge is 0.353 e. The normalized spacial score (nSPS) is 14.1. The maximum atomic E-state index is 6.20. The van der Waals surface area contributed by atoms with Gasteiger partial charge in [0, 0.05) is 31.6 Å². The van der Waals surface area contributed by atoms with E-state index in [9.17, 15) is 0 Å². The lowest BCUT2D eigenvalue weighted by Crippen LogP contribution is -2.44. The number of nitrogens with zero attached hydrogens (tertiary/aromatic N) is 6. The highest BCUT2D eigenvalue weighted by molar-refractivity contribution is 7.09. The average molecular weight is 451 g/mol. The van der Waals surface area contributed by atoms with Crippen molar-refractivity contribution in [2.75, 3.05) is 31.1 Å². The van der Waals surface area contributed by atoms with E-state index in [0.717, 1.165) is 61.6 Å². The van der Waals surface area contributed by atoms with E-state index in [4.69, 9.17) is 11.6 Å². The van der Waals surface area contributed by atoms with Crippen LogP contribution in [0.5, 0.6) is 0 Å². The molecule has 0 atom stereocenters. The van der Waals surface area contributed by atoms with Crippen molar-refractivity contribution in [2.24, 2.45) is 0 Å². The second kappa shape index (κ2) is 9.84. The van der Waals surface area contributed by atoms with Gasteiger partial charge in [-0.25, -0.2) is 9.67 Å². The van der Waals surface area contributed by atoms with E-state index in [1.165, 1.54) is 5.01 Å². The molecule has 0 aliphatic carbocycles. The molecule has 148 valence electrons. The van der Waals surface area contributed by atoms with Gasteiger partial charge >= 0.3 is 0 Å². The van der Waals surface area contributed by atoms with Crippen molar-refractivity contribution in [3.05, 3.63) is 27.6 Å². The van der Waals surface area contributed by atoms with Crippen molar-refractivity contribution in [1.29, 1.82) is 0 Å². The lowest BCUT2D eigenvalue weighted by molar-refractivity contribution is 0.586. The molecule has 27 heavy (non-hydrogen) atoms. The first-order chi connectivity index (χ1) is 12.2. The van der Waals surface area contributed by atoms with Crippen LogP contribution >= 0.6 is 47.8 Å². The summed E-state index contributed by atoms with van der Waals surface area (Å²) in [5.74, 6) is 0.868. The van der Waals surface area contributed by atoms with Crippen LogP contribution in [0.25, 0.3) is 11.0 Å². The number of piperazine rings is 1. The van der Waals surface area contributed by atoms with Crippen LogP contribution in [0.3, 0.4) is 0 Å². The SMILES string of the molecule is CCCc1nc(Cn2ncc3c(N4CCNCC4)nc(Cl)nc32)cs1.Cl.Cl. The average Bonchev–Trinajstić information content (AvgIpc) is 3.23. The summed E-state index contributed by atoms with van der Waals surface area (Å²) in [5.41, 5.74) is 1.77. The third kappa shape index (κ3) is 4.81. The molecule has 1 N–H and O–H groups in total. The Bertz CT molecular complexity index is 876. The van der Waals surface area contributed by atoms with E-state index in [1.807, 2.05) is 10.9 Å². The van der Waals surface area contributed by atoms with Gasteiger partial charge in [0.25, 0.3) is 0 Å². The molecule has 11 heteroatoms. The zero-order valence-electron chi connectivity index (χ0n) is 14.9. The maximum Gasteiger partial charge on any atom is 0.226 e. The predicted molar refractivity (Wildman–Crippen MR) is 115 cm³/mol. The standard InChI is InChI=1S/C16H20ClN7S.2ClH/c1-2-3-13-20-11(10-25-13)9-24-15-12(8-19-24)14(21-16(17)22-15)23-6-4-18-5-7-23;;/h8,10,18H,2-7,9H2,1H3;2*1H. The topological polar surface area (TPSA) is 71.8 Å². The minimum absolute atomic E-state index is 0. The van der Waals surface area contributed by atoms with Gasteiger partial charge in [-0.1, -0.05) is 6.92 Å². The molecule has 0 spiro atoms. The number of thiazole rings is 1. The van der Waals surface area contributed by atoms with Gasteiger partial charge in [-0.15, -0.1) is 36.2 Å². The molecule has 0 radical (unpaired) electrons. The zero-order valence-corrected chi connectivity index (χ0v) is 18.1. The fraction of sp³-hybridized carbons (Fsp3) is 0.500. The van der Waals surface area contributed by atoms with Crippen LogP contribution < -0.4 is 10.2 Å². The molecule has 1 aliphatic heterocycles. The first-order valence-corrected chi connectivity index (χ1v) is 9.78. The fourth-order valence-electron chi connectivity index (χ4n) is 3.05. The highest BCUT2D eigenvalue weighted by Gasteiger charge is 2.19. The Morgan fingerprint density at radius 2 is 1.96 bits per heavy atom. The van der Waals surface area contributed by atoms with Gasteiger partial charge in [-0.05, 0) is 24.4 Å². The van der Waals surface area contributed by atoms with Crippen molar-refractivity contribution in [2.45, 2.75) is 26.3 Å². The molecule has 0 bridgehead atoms. The summed E-state index contributed by atoms with van der Waals surface area (Å²) >= 11 is 7.91. The predicted octanol–water partition coefficient (Wildman–Crippen LogP) is 3.19. The zero-order chi connectivity index (χ0) is 17.2. The minimum atomic E-state index is 0. The van der Waals surface area contributed by atoms with E-state index in [1.54, 1.807) is 11.3 Å². The molecule has 1 saturated heterocycles. The van der Waals surface area contributed by atoms with Gasteiger partial charge in [-0.3, -0.25) is 0 Å². The van der Waals surface area contributed by atoms with E-state index in [-0.39, 0.29) is 30.1 Å². The van der Waals surface area contributed by atoms with Crippen LogP contribution in [0.15, 0.2) is 11.6 Å². The first-order valence-electron chi connectivity index (χ1n) is 8.52. The number of aryl methyl sites for hydroxylation is 1. The van der Waals surface area contributed by atoms with Gasteiger partial charge in [0.15, 0.2) is 5.65 Å².